The second-order valence-electron chi connectivity index (χ2n) is 4.39. The van der Waals surface area contributed by atoms with Gasteiger partial charge in [0.2, 0.25) is 0 Å². The molecule has 2 rings (SSSR count). The van der Waals surface area contributed by atoms with E-state index in [9.17, 15) is 9.59 Å². The van der Waals surface area contributed by atoms with Crippen LogP contribution in [0.3, 0.4) is 0 Å². The van der Waals surface area contributed by atoms with Gasteiger partial charge in [-0.15, -0.1) is 0 Å². The highest BCUT2D eigenvalue weighted by Crippen LogP contribution is 2.18. The lowest BCUT2D eigenvalue weighted by Crippen LogP contribution is -2.31. The van der Waals surface area contributed by atoms with E-state index >= 15 is 0 Å². The van der Waals surface area contributed by atoms with E-state index in [-0.39, 0.29) is 5.76 Å². The summed E-state index contributed by atoms with van der Waals surface area (Å²) in [5.74, 6) is -0.733. The molecular weight excluding hydrogens is 260 g/mol. The van der Waals surface area contributed by atoms with Crippen molar-refractivity contribution in [1.82, 2.24) is 0 Å². The lowest BCUT2D eigenvalue weighted by molar-refractivity contribution is -0.158. The van der Waals surface area contributed by atoms with Gasteiger partial charge in [0.25, 0.3) is 0 Å². The second kappa shape index (κ2) is 6.23. The topological polar surface area (TPSA) is 61.8 Å². The molecule has 1 aromatic rings. The van der Waals surface area contributed by atoms with Crippen molar-refractivity contribution in [2.75, 3.05) is 14.2 Å². The Morgan fingerprint density at radius 1 is 1.10 bits per heavy atom. The van der Waals surface area contributed by atoms with Gasteiger partial charge in [-0.25, -0.2) is 4.79 Å². The summed E-state index contributed by atoms with van der Waals surface area (Å²) in [5.41, 5.74) is 1.10. The Morgan fingerprint density at radius 3 is 2.40 bits per heavy atom. The van der Waals surface area contributed by atoms with E-state index < -0.39 is 17.9 Å². The van der Waals surface area contributed by atoms with Crippen LogP contribution in [0.5, 0.6) is 5.75 Å². The molecular formula is C15H16O5. The number of methoxy groups -OCH3 is 2. The van der Waals surface area contributed by atoms with Crippen molar-refractivity contribution in [3.05, 3.63) is 41.7 Å². The highest BCUT2D eigenvalue weighted by Gasteiger charge is 2.30. The Bertz CT molecular complexity index is 530. The van der Waals surface area contributed by atoms with E-state index in [0.29, 0.717) is 6.42 Å². The minimum absolute atomic E-state index is 0.0565. The van der Waals surface area contributed by atoms with E-state index in [2.05, 4.69) is 0 Å². The van der Waals surface area contributed by atoms with Crippen LogP contribution in [0.15, 0.2) is 36.1 Å². The zero-order valence-electron chi connectivity index (χ0n) is 11.4. The second-order valence-corrected chi connectivity index (χ2v) is 4.39. The van der Waals surface area contributed by atoms with Gasteiger partial charge in [-0.2, -0.15) is 0 Å². The predicted octanol–water partition coefficient (Wildman–Crippen LogP) is 1.65. The maximum absolute atomic E-state index is 11.4. The maximum Gasteiger partial charge on any atom is 0.383 e. The molecule has 0 fully saturated rings. The van der Waals surface area contributed by atoms with Gasteiger partial charge in [0.05, 0.1) is 14.2 Å². The summed E-state index contributed by atoms with van der Waals surface area (Å²) in [7, 11) is 2.98. The SMILES string of the molecule is COC1=CC(CCc2ccc(OC)cc2)OC(=O)C1=O. The number of Topliss-reactive ketones (excluding diaryl/α,β-unsaturated/α-hetero) is 1. The van der Waals surface area contributed by atoms with Crippen LogP contribution in [0.1, 0.15) is 12.0 Å². The van der Waals surface area contributed by atoms with E-state index in [1.165, 1.54) is 7.11 Å². The van der Waals surface area contributed by atoms with E-state index in [1.54, 1.807) is 13.2 Å². The molecule has 5 heteroatoms. The molecule has 1 aliphatic heterocycles. The number of ether oxygens (including phenoxy) is 3. The van der Waals surface area contributed by atoms with Gasteiger partial charge in [-0.3, -0.25) is 4.79 Å². The highest BCUT2D eigenvalue weighted by atomic mass is 16.6. The van der Waals surface area contributed by atoms with Crippen LogP contribution in [0.25, 0.3) is 0 Å². The minimum atomic E-state index is -0.857. The lowest BCUT2D eigenvalue weighted by Gasteiger charge is -2.19. The van der Waals surface area contributed by atoms with Crippen molar-refractivity contribution in [2.45, 2.75) is 18.9 Å². The first kappa shape index (κ1) is 14.1. The monoisotopic (exact) mass is 276 g/mol. The van der Waals surface area contributed by atoms with Crippen molar-refractivity contribution in [3.8, 4) is 5.75 Å². The summed E-state index contributed by atoms with van der Waals surface area (Å²) < 4.78 is 15.0. The molecule has 0 aliphatic carbocycles. The summed E-state index contributed by atoms with van der Waals surface area (Å²) in [5, 5.41) is 0. The van der Waals surface area contributed by atoms with Crippen LogP contribution in [0, 0.1) is 0 Å². The number of hydrogen-bond donors (Lipinski definition) is 0. The number of ketones is 1. The lowest BCUT2D eigenvalue weighted by atomic mass is 10.0. The summed E-state index contributed by atoms with van der Waals surface area (Å²) >= 11 is 0. The average Bonchev–Trinajstić information content (AvgIpc) is 2.48. The van der Waals surface area contributed by atoms with Crippen molar-refractivity contribution in [3.63, 3.8) is 0 Å². The average molecular weight is 276 g/mol. The predicted molar refractivity (Wildman–Crippen MR) is 71.3 cm³/mol. The maximum atomic E-state index is 11.4. The number of cyclic esters (lactones) is 1. The zero-order valence-corrected chi connectivity index (χ0v) is 11.4. The molecule has 20 heavy (non-hydrogen) atoms. The molecule has 0 saturated heterocycles. The molecule has 5 nitrogen and oxygen atoms in total. The Balaban J connectivity index is 1.98. The van der Waals surface area contributed by atoms with Crippen molar-refractivity contribution >= 4 is 11.8 Å². The van der Waals surface area contributed by atoms with Gasteiger partial charge in [-0.05, 0) is 30.5 Å². The number of esters is 1. The van der Waals surface area contributed by atoms with Crippen molar-refractivity contribution in [1.29, 1.82) is 0 Å². The Kier molecular flexibility index (Phi) is 4.40. The number of hydrogen-bond acceptors (Lipinski definition) is 5. The Morgan fingerprint density at radius 2 is 1.80 bits per heavy atom. The number of carbonyl (C=O) groups excluding carboxylic acids is 2. The van der Waals surface area contributed by atoms with Crippen LogP contribution >= 0.6 is 0 Å². The Hall–Kier alpha value is -2.30. The van der Waals surface area contributed by atoms with Crippen LogP contribution < -0.4 is 4.74 Å². The molecule has 0 N–H and O–H groups in total. The smallest absolute Gasteiger partial charge is 0.383 e. The summed E-state index contributed by atoms with van der Waals surface area (Å²) in [6.45, 7) is 0. The van der Waals surface area contributed by atoms with Crippen LogP contribution in [-0.2, 0) is 25.5 Å². The third kappa shape index (κ3) is 3.17. The molecule has 1 aliphatic rings. The summed E-state index contributed by atoms with van der Waals surface area (Å²) in [6.07, 6.45) is 2.44. The van der Waals surface area contributed by atoms with Crippen LogP contribution in [0.2, 0.25) is 0 Å². The molecule has 1 heterocycles. The van der Waals surface area contributed by atoms with E-state index in [0.717, 1.165) is 17.7 Å². The number of carbonyl (C=O) groups is 2. The quantitative estimate of drug-likeness (QED) is 0.604. The molecule has 0 aromatic heterocycles. The number of rotatable bonds is 5. The van der Waals surface area contributed by atoms with Crippen molar-refractivity contribution in [2.24, 2.45) is 0 Å². The molecule has 106 valence electrons. The van der Waals surface area contributed by atoms with Crippen molar-refractivity contribution < 1.29 is 23.8 Å². The van der Waals surface area contributed by atoms with E-state index in [1.807, 2.05) is 24.3 Å². The normalized spacial score (nSPS) is 18.3. The Labute approximate surface area is 117 Å². The molecule has 1 aromatic carbocycles. The largest absolute Gasteiger partial charge is 0.497 e. The van der Waals surface area contributed by atoms with Gasteiger partial charge in [0.15, 0.2) is 5.76 Å². The van der Waals surface area contributed by atoms with Gasteiger partial charge < -0.3 is 14.2 Å². The fraction of sp³-hybridized carbons (Fsp3) is 0.333. The fourth-order valence-electron chi connectivity index (χ4n) is 1.97. The summed E-state index contributed by atoms with van der Waals surface area (Å²) in [6, 6.07) is 7.66. The molecule has 0 spiro atoms. The first-order valence-electron chi connectivity index (χ1n) is 6.28. The number of benzene rings is 1. The first-order valence-corrected chi connectivity index (χ1v) is 6.28. The summed E-state index contributed by atoms with van der Waals surface area (Å²) in [4.78, 5) is 22.7. The zero-order chi connectivity index (χ0) is 14.5. The van der Waals surface area contributed by atoms with Gasteiger partial charge >= 0.3 is 11.8 Å². The number of aryl methyl sites for hydroxylation is 1. The van der Waals surface area contributed by atoms with Crippen LogP contribution in [0.4, 0.5) is 0 Å². The van der Waals surface area contributed by atoms with Crippen LogP contribution in [-0.4, -0.2) is 32.1 Å². The molecule has 1 atom stereocenters. The fourth-order valence-corrected chi connectivity index (χ4v) is 1.97. The molecule has 0 radical (unpaired) electrons. The molecule has 1 unspecified atom stereocenters. The highest BCUT2D eigenvalue weighted by molar-refractivity contribution is 6.40. The van der Waals surface area contributed by atoms with Gasteiger partial charge in [0, 0.05) is 6.08 Å². The molecule has 0 bridgehead atoms. The standard InChI is InChI=1S/C15H16O5/c1-18-11-6-3-10(4-7-11)5-8-12-9-13(19-2)14(16)15(17)20-12/h3-4,6-7,9,12H,5,8H2,1-2H3. The van der Waals surface area contributed by atoms with Gasteiger partial charge in [0.1, 0.15) is 11.9 Å². The van der Waals surface area contributed by atoms with Gasteiger partial charge in [-0.1, -0.05) is 12.1 Å². The third-order valence-electron chi connectivity index (χ3n) is 3.10. The minimum Gasteiger partial charge on any atom is -0.497 e. The first-order chi connectivity index (χ1) is 9.63. The third-order valence-corrected chi connectivity index (χ3v) is 3.10. The van der Waals surface area contributed by atoms with E-state index in [4.69, 9.17) is 14.2 Å². The molecule has 0 saturated carbocycles. The molecule has 0 amide bonds.